The average molecular weight is 258 g/mol. The number of hydrogen-bond donors (Lipinski definition) is 1. The number of nitrogens with two attached hydrogens (primary N) is 1. The van der Waals surface area contributed by atoms with Crippen LogP contribution in [0, 0.1) is 5.82 Å². The van der Waals surface area contributed by atoms with Crippen LogP contribution >= 0.6 is 0 Å². The quantitative estimate of drug-likeness (QED) is 0.845. The molecule has 2 N–H and O–H groups in total. The van der Waals surface area contributed by atoms with Gasteiger partial charge in [0.15, 0.2) is 0 Å². The molecule has 100 valence electrons. The Morgan fingerprint density at radius 2 is 1.79 bits per heavy atom. The first-order valence-electron chi connectivity index (χ1n) is 6.43. The summed E-state index contributed by atoms with van der Waals surface area (Å²) in [6, 6.07) is 15.1. The van der Waals surface area contributed by atoms with Crippen LogP contribution in [0.15, 0.2) is 48.5 Å². The largest absolute Gasteiger partial charge is 0.399 e. The molecule has 0 fully saturated rings. The molecule has 0 saturated carbocycles. The Hall–Kier alpha value is -2.03. The number of rotatable bonds is 4. The molecule has 2 rings (SSSR count). The molecule has 0 aliphatic carbocycles. The Morgan fingerprint density at radius 3 is 2.37 bits per heavy atom. The van der Waals surface area contributed by atoms with Gasteiger partial charge < -0.3 is 10.6 Å². The number of benzene rings is 2. The van der Waals surface area contributed by atoms with Gasteiger partial charge in [0.05, 0.1) is 5.69 Å². The van der Waals surface area contributed by atoms with E-state index in [1.54, 1.807) is 12.1 Å². The Bertz CT molecular complexity index is 538. The zero-order chi connectivity index (χ0) is 13.8. The lowest BCUT2D eigenvalue weighted by atomic mass is 10.1. The summed E-state index contributed by atoms with van der Waals surface area (Å²) in [4.78, 5) is 2.03. The Morgan fingerprint density at radius 1 is 1.11 bits per heavy atom. The van der Waals surface area contributed by atoms with E-state index in [0.29, 0.717) is 17.9 Å². The second-order valence-corrected chi connectivity index (χ2v) is 4.92. The first-order chi connectivity index (χ1) is 9.08. The second-order valence-electron chi connectivity index (χ2n) is 4.92. The van der Waals surface area contributed by atoms with Crippen molar-refractivity contribution in [3.63, 3.8) is 0 Å². The normalized spacial score (nSPS) is 10.7. The first kappa shape index (κ1) is 13.4. The molecule has 0 spiro atoms. The van der Waals surface area contributed by atoms with E-state index >= 15 is 0 Å². The molecule has 0 bridgehead atoms. The van der Waals surface area contributed by atoms with Crippen molar-refractivity contribution in [3.05, 3.63) is 59.9 Å². The van der Waals surface area contributed by atoms with Crippen LogP contribution in [-0.4, -0.2) is 6.04 Å². The van der Waals surface area contributed by atoms with E-state index in [-0.39, 0.29) is 11.9 Å². The molecule has 2 nitrogen and oxygen atoms in total. The molecule has 0 amide bonds. The van der Waals surface area contributed by atoms with Crippen LogP contribution < -0.4 is 10.6 Å². The highest BCUT2D eigenvalue weighted by molar-refractivity contribution is 5.55. The molecule has 0 atom stereocenters. The Labute approximate surface area is 113 Å². The molecule has 0 unspecified atom stereocenters. The minimum Gasteiger partial charge on any atom is -0.399 e. The number of halogens is 1. The lowest BCUT2D eigenvalue weighted by molar-refractivity contribution is 0.599. The van der Waals surface area contributed by atoms with E-state index < -0.39 is 0 Å². The van der Waals surface area contributed by atoms with E-state index in [2.05, 4.69) is 13.8 Å². The molecule has 2 aromatic rings. The third kappa shape index (κ3) is 3.25. The summed E-state index contributed by atoms with van der Waals surface area (Å²) in [7, 11) is 0. The molecule has 3 heteroatoms. The van der Waals surface area contributed by atoms with Gasteiger partial charge in [0.2, 0.25) is 0 Å². The van der Waals surface area contributed by atoms with E-state index in [1.807, 2.05) is 35.2 Å². The average Bonchev–Trinajstić information content (AvgIpc) is 2.38. The highest BCUT2D eigenvalue weighted by atomic mass is 19.1. The Balaban J connectivity index is 2.30. The summed E-state index contributed by atoms with van der Waals surface area (Å²) < 4.78 is 14.0. The van der Waals surface area contributed by atoms with Gasteiger partial charge in [-0.05, 0) is 37.6 Å². The van der Waals surface area contributed by atoms with Crippen LogP contribution in [0.4, 0.5) is 15.8 Å². The maximum Gasteiger partial charge on any atom is 0.148 e. The maximum absolute atomic E-state index is 14.0. The zero-order valence-electron chi connectivity index (χ0n) is 11.3. The smallest absolute Gasteiger partial charge is 0.148 e. The van der Waals surface area contributed by atoms with Crippen molar-refractivity contribution >= 4 is 11.4 Å². The molecule has 0 aliphatic heterocycles. The number of nitrogen functional groups attached to an aromatic ring is 1. The van der Waals surface area contributed by atoms with Crippen LogP contribution in [-0.2, 0) is 6.54 Å². The minimum atomic E-state index is -0.273. The fourth-order valence-corrected chi connectivity index (χ4v) is 2.08. The van der Waals surface area contributed by atoms with Gasteiger partial charge in [-0.2, -0.15) is 0 Å². The lowest BCUT2D eigenvalue weighted by Gasteiger charge is -2.29. The van der Waals surface area contributed by atoms with Gasteiger partial charge in [-0.25, -0.2) is 4.39 Å². The lowest BCUT2D eigenvalue weighted by Crippen LogP contribution is -2.30. The van der Waals surface area contributed by atoms with Crippen molar-refractivity contribution in [3.8, 4) is 0 Å². The van der Waals surface area contributed by atoms with Crippen LogP contribution in [0.25, 0.3) is 0 Å². The van der Waals surface area contributed by atoms with E-state index in [1.165, 1.54) is 6.07 Å². The molecule has 0 heterocycles. The van der Waals surface area contributed by atoms with Gasteiger partial charge in [-0.15, -0.1) is 0 Å². The van der Waals surface area contributed by atoms with Crippen molar-refractivity contribution in [1.29, 1.82) is 0 Å². The molecule has 2 aromatic carbocycles. The third-order valence-corrected chi connectivity index (χ3v) is 3.10. The van der Waals surface area contributed by atoms with E-state index in [0.717, 1.165) is 5.56 Å². The fourth-order valence-electron chi connectivity index (χ4n) is 2.08. The van der Waals surface area contributed by atoms with Gasteiger partial charge >= 0.3 is 0 Å². The monoisotopic (exact) mass is 258 g/mol. The summed E-state index contributed by atoms with van der Waals surface area (Å²) in [6.07, 6.45) is 0. The SMILES string of the molecule is CC(C)N(Cc1ccccc1)c1ccc(N)cc1F. The number of anilines is 2. The van der Waals surface area contributed by atoms with Crippen LogP contribution in [0.5, 0.6) is 0 Å². The zero-order valence-corrected chi connectivity index (χ0v) is 11.3. The molecule has 0 aliphatic rings. The molecule has 0 saturated heterocycles. The topological polar surface area (TPSA) is 29.3 Å². The minimum absolute atomic E-state index is 0.207. The van der Waals surface area contributed by atoms with Crippen molar-refractivity contribution in [1.82, 2.24) is 0 Å². The van der Waals surface area contributed by atoms with Crippen LogP contribution in [0.2, 0.25) is 0 Å². The first-order valence-corrected chi connectivity index (χ1v) is 6.43. The van der Waals surface area contributed by atoms with Crippen molar-refractivity contribution in [2.45, 2.75) is 26.4 Å². The summed E-state index contributed by atoms with van der Waals surface area (Å²) in [5.74, 6) is -0.273. The number of nitrogens with zero attached hydrogens (tertiary/aromatic N) is 1. The number of hydrogen-bond acceptors (Lipinski definition) is 2. The molecular formula is C16H19FN2. The predicted molar refractivity (Wildman–Crippen MR) is 78.6 cm³/mol. The van der Waals surface area contributed by atoms with E-state index in [4.69, 9.17) is 5.73 Å². The molecule has 0 aromatic heterocycles. The highest BCUT2D eigenvalue weighted by Gasteiger charge is 2.15. The van der Waals surface area contributed by atoms with Crippen molar-refractivity contribution in [2.24, 2.45) is 0 Å². The second kappa shape index (κ2) is 5.74. The van der Waals surface area contributed by atoms with Gasteiger partial charge in [-0.3, -0.25) is 0 Å². The molecular weight excluding hydrogens is 239 g/mol. The maximum atomic E-state index is 14.0. The molecule has 19 heavy (non-hydrogen) atoms. The fraction of sp³-hybridized carbons (Fsp3) is 0.250. The van der Waals surface area contributed by atoms with Crippen LogP contribution in [0.1, 0.15) is 19.4 Å². The van der Waals surface area contributed by atoms with Crippen molar-refractivity contribution in [2.75, 3.05) is 10.6 Å². The summed E-state index contributed by atoms with van der Waals surface area (Å²) in [5.41, 5.74) is 7.80. The van der Waals surface area contributed by atoms with Gasteiger partial charge in [0.25, 0.3) is 0 Å². The van der Waals surface area contributed by atoms with Crippen molar-refractivity contribution < 1.29 is 4.39 Å². The van der Waals surface area contributed by atoms with Gasteiger partial charge in [0, 0.05) is 18.3 Å². The van der Waals surface area contributed by atoms with Gasteiger partial charge in [-0.1, -0.05) is 30.3 Å². The Kier molecular flexibility index (Phi) is 4.05. The summed E-state index contributed by atoms with van der Waals surface area (Å²) in [6.45, 7) is 4.79. The molecule has 0 radical (unpaired) electrons. The summed E-state index contributed by atoms with van der Waals surface area (Å²) in [5, 5.41) is 0. The standard InChI is InChI=1S/C16H19FN2/c1-12(2)19(11-13-6-4-3-5-7-13)16-9-8-14(18)10-15(16)17/h3-10,12H,11,18H2,1-2H3. The highest BCUT2D eigenvalue weighted by Crippen LogP contribution is 2.25. The predicted octanol–water partition coefficient (Wildman–Crippen LogP) is 3.82. The third-order valence-electron chi connectivity index (χ3n) is 3.10. The van der Waals surface area contributed by atoms with E-state index in [9.17, 15) is 4.39 Å². The van der Waals surface area contributed by atoms with Gasteiger partial charge in [0.1, 0.15) is 5.82 Å². The van der Waals surface area contributed by atoms with Crippen LogP contribution in [0.3, 0.4) is 0 Å². The summed E-state index contributed by atoms with van der Waals surface area (Å²) >= 11 is 0.